The van der Waals surface area contributed by atoms with Crippen molar-refractivity contribution in [1.29, 1.82) is 0 Å². The first-order valence-corrected chi connectivity index (χ1v) is 10.3. The lowest BCUT2D eigenvalue weighted by molar-refractivity contribution is -0.119. The van der Waals surface area contributed by atoms with Crippen LogP contribution >= 0.6 is 11.8 Å². The van der Waals surface area contributed by atoms with Crippen molar-refractivity contribution < 1.29 is 4.79 Å². The van der Waals surface area contributed by atoms with Crippen molar-refractivity contribution in [1.82, 2.24) is 20.1 Å². The smallest absolute Gasteiger partial charge is 0.230 e. The van der Waals surface area contributed by atoms with E-state index < -0.39 is 0 Å². The molecule has 0 aliphatic carbocycles. The maximum atomic E-state index is 12.4. The Balaban J connectivity index is 1.62. The van der Waals surface area contributed by atoms with Crippen LogP contribution in [0.25, 0.3) is 11.4 Å². The third-order valence-electron chi connectivity index (χ3n) is 4.96. The molecule has 0 saturated heterocycles. The summed E-state index contributed by atoms with van der Waals surface area (Å²) in [4.78, 5) is 12.4. The van der Waals surface area contributed by atoms with Gasteiger partial charge in [0.05, 0.1) is 11.8 Å². The lowest BCUT2D eigenvalue weighted by Crippen LogP contribution is -2.28. The average molecular weight is 395 g/mol. The van der Waals surface area contributed by atoms with E-state index in [-0.39, 0.29) is 11.9 Å². The molecule has 0 bridgehead atoms. The molecule has 1 heterocycles. The molecule has 1 aromatic heterocycles. The topological polar surface area (TPSA) is 59.8 Å². The summed E-state index contributed by atoms with van der Waals surface area (Å²) in [5.41, 5.74) is 5.80. The van der Waals surface area contributed by atoms with Gasteiger partial charge in [0.15, 0.2) is 11.0 Å². The van der Waals surface area contributed by atoms with E-state index in [0.29, 0.717) is 5.75 Å². The number of hydrogen-bond donors (Lipinski definition) is 1. The molecule has 1 atom stereocenters. The number of nitrogens with one attached hydrogen (secondary N) is 1. The highest BCUT2D eigenvalue weighted by atomic mass is 32.2. The van der Waals surface area contributed by atoms with E-state index in [9.17, 15) is 4.79 Å². The predicted molar refractivity (Wildman–Crippen MR) is 114 cm³/mol. The average Bonchev–Trinajstić information content (AvgIpc) is 3.03. The first-order chi connectivity index (χ1) is 13.4. The van der Waals surface area contributed by atoms with Crippen LogP contribution in [-0.4, -0.2) is 26.4 Å². The molecule has 0 aliphatic heterocycles. The van der Waals surface area contributed by atoms with E-state index >= 15 is 0 Å². The van der Waals surface area contributed by atoms with Gasteiger partial charge in [0.1, 0.15) is 0 Å². The second-order valence-electron chi connectivity index (χ2n) is 7.10. The summed E-state index contributed by atoms with van der Waals surface area (Å²) >= 11 is 1.40. The van der Waals surface area contributed by atoms with Crippen LogP contribution in [-0.2, 0) is 11.8 Å². The predicted octanol–water partition coefficient (Wildman–Crippen LogP) is 4.38. The van der Waals surface area contributed by atoms with Gasteiger partial charge >= 0.3 is 0 Å². The molecule has 2 aromatic carbocycles. The fourth-order valence-corrected chi connectivity index (χ4v) is 3.75. The van der Waals surface area contributed by atoms with Crippen molar-refractivity contribution in [3.8, 4) is 11.4 Å². The Hall–Kier alpha value is -2.60. The molecule has 0 unspecified atom stereocenters. The molecule has 3 aromatic rings. The fraction of sp³-hybridized carbons (Fsp3) is 0.318. The van der Waals surface area contributed by atoms with Gasteiger partial charge in [-0.05, 0) is 49.9 Å². The molecular weight excluding hydrogens is 368 g/mol. The van der Waals surface area contributed by atoms with Gasteiger partial charge in [0, 0.05) is 12.6 Å². The Morgan fingerprint density at radius 2 is 1.82 bits per heavy atom. The van der Waals surface area contributed by atoms with Crippen molar-refractivity contribution in [2.45, 2.75) is 38.9 Å². The van der Waals surface area contributed by atoms with E-state index in [1.807, 2.05) is 36.7 Å². The lowest BCUT2D eigenvalue weighted by Gasteiger charge is -2.15. The van der Waals surface area contributed by atoms with Crippen molar-refractivity contribution in [3.63, 3.8) is 0 Å². The fourth-order valence-electron chi connectivity index (χ4n) is 3.03. The largest absolute Gasteiger partial charge is 0.349 e. The van der Waals surface area contributed by atoms with E-state index in [1.165, 1.54) is 22.9 Å². The number of carbonyl (C=O) groups excluding carboxylic acids is 1. The molecule has 1 N–H and O–H groups in total. The van der Waals surface area contributed by atoms with Gasteiger partial charge in [-0.25, -0.2) is 0 Å². The monoisotopic (exact) mass is 394 g/mol. The number of aryl methyl sites for hydroxylation is 3. The quantitative estimate of drug-likeness (QED) is 0.631. The number of nitrogens with zero attached hydrogens (tertiary/aromatic N) is 3. The van der Waals surface area contributed by atoms with Crippen LogP contribution in [0, 0.1) is 20.8 Å². The number of thioether (sulfide) groups is 1. The van der Waals surface area contributed by atoms with Gasteiger partial charge < -0.3 is 9.88 Å². The van der Waals surface area contributed by atoms with Gasteiger partial charge in [0.25, 0.3) is 0 Å². The summed E-state index contributed by atoms with van der Waals surface area (Å²) in [6.45, 7) is 8.23. The molecule has 1 amide bonds. The number of aromatic nitrogens is 3. The van der Waals surface area contributed by atoms with E-state index in [2.05, 4.69) is 60.6 Å². The van der Waals surface area contributed by atoms with Crippen molar-refractivity contribution in [2.75, 3.05) is 5.75 Å². The molecule has 0 radical (unpaired) electrons. The third-order valence-corrected chi connectivity index (χ3v) is 5.98. The minimum Gasteiger partial charge on any atom is -0.349 e. The first kappa shape index (κ1) is 20.1. The van der Waals surface area contributed by atoms with E-state index in [0.717, 1.165) is 27.7 Å². The third kappa shape index (κ3) is 4.44. The maximum absolute atomic E-state index is 12.4. The second kappa shape index (κ2) is 8.61. The molecule has 0 saturated carbocycles. The van der Waals surface area contributed by atoms with Crippen LogP contribution in [0.2, 0.25) is 0 Å². The molecule has 5 nitrogen and oxygen atoms in total. The number of amides is 1. The minimum atomic E-state index is -0.0329. The molecule has 0 spiro atoms. The Bertz CT molecular complexity index is 996. The summed E-state index contributed by atoms with van der Waals surface area (Å²) in [5.74, 6) is 1.09. The molecule has 28 heavy (non-hydrogen) atoms. The highest BCUT2D eigenvalue weighted by molar-refractivity contribution is 7.99. The zero-order valence-corrected chi connectivity index (χ0v) is 17.8. The number of carbonyl (C=O) groups is 1. The normalized spacial score (nSPS) is 12.0. The summed E-state index contributed by atoms with van der Waals surface area (Å²) in [6, 6.07) is 14.3. The molecule has 0 aliphatic rings. The van der Waals surface area contributed by atoms with Crippen LogP contribution in [0.15, 0.2) is 47.6 Å². The first-order valence-electron chi connectivity index (χ1n) is 9.31. The van der Waals surface area contributed by atoms with Crippen LogP contribution < -0.4 is 5.32 Å². The van der Waals surface area contributed by atoms with Crippen molar-refractivity contribution in [2.24, 2.45) is 7.05 Å². The van der Waals surface area contributed by atoms with Crippen LogP contribution in [0.1, 0.15) is 35.2 Å². The molecule has 6 heteroatoms. The van der Waals surface area contributed by atoms with Gasteiger partial charge in [-0.1, -0.05) is 54.2 Å². The highest BCUT2D eigenvalue weighted by Gasteiger charge is 2.15. The Labute approximate surface area is 170 Å². The zero-order chi connectivity index (χ0) is 20.3. The Morgan fingerprint density at radius 1 is 1.07 bits per heavy atom. The van der Waals surface area contributed by atoms with Gasteiger partial charge in [-0.15, -0.1) is 10.2 Å². The summed E-state index contributed by atoms with van der Waals surface area (Å²) in [6.07, 6.45) is 0. The van der Waals surface area contributed by atoms with Crippen LogP contribution in [0.3, 0.4) is 0 Å². The number of benzene rings is 2. The zero-order valence-electron chi connectivity index (χ0n) is 17.0. The van der Waals surface area contributed by atoms with E-state index in [1.54, 1.807) is 0 Å². The lowest BCUT2D eigenvalue weighted by atomic mass is 10.0. The van der Waals surface area contributed by atoms with Gasteiger partial charge in [-0.3, -0.25) is 4.79 Å². The van der Waals surface area contributed by atoms with Gasteiger partial charge in [0.2, 0.25) is 5.91 Å². The maximum Gasteiger partial charge on any atom is 0.230 e. The van der Waals surface area contributed by atoms with Crippen molar-refractivity contribution in [3.05, 3.63) is 64.7 Å². The summed E-state index contributed by atoms with van der Waals surface area (Å²) in [7, 11) is 1.93. The molecule has 146 valence electrons. The van der Waals surface area contributed by atoms with Crippen molar-refractivity contribution >= 4 is 17.7 Å². The SMILES string of the molecule is Cc1ccc([C@H](C)NC(=O)CSc2nnc(-c3ccccc3C)n2C)cc1C. The molecular formula is C22H26N4OS. The van der Waals surface area contributed by atoms with Crippen LogP contribution in [0.4, 0.5) is 0 Å². The standard InChI is InChI=1S/C22H26N4OS/c1-14-10-11-18(12-16(14)3)17(4)23-20(27)13-28-22-25-24-21(26(22)5)19-9-7-6-8-15(19)2/h6-12,17H,13H2,1-5H3,(H,23,27)/t17-/m0/s1. The molecule has 3 rings (SSSR count). The van der Waals surface area contributed by atoms with E-state index in [4.69, 9.17) is 0 Å². The number of hydrogen-bond acceptors (Lipinski definition) is 4. The summed E-state index contributed by atoms with van der Waals surface area (Å²) in [5, 5.41) is 12.4. The summed E-state index contributed by atoms with van der Waals surface area (Å²) < 4.78 is 1.94. The molecule has 0 fully saturated rings. The van der Waals surface area contributed by atoms with Gasteiger partial charge in [-0.2, -0.15) is 0 Å². The second-order valence-corrected chi connectivity index (χ2v) is 8.04. The minimum absolute atomic E-state index is 0.0174. The highest BCUT2D eigenvalue weighted by Crippen LogP contribution is 2.25. The Morgan fingerprint density at radius 3 is 2.54 bits per heavy atom. The van der Waals surface area contributed by atoms with Crippen LogP contribution in [0.5, 0.6) is 0 Å². The Kier molecular flexibility index (Phi) is 6.19. The number of rotatable bonds is 6.